The van der Waals surface area contributed by atoms with Crippen molar-refractivity contribution in [2.75, 3.05) is 26.2 Å². The number of aliphatic hydroxyl groups excluding tert-OH is 1. The lowest BCUT2D eigenvalue weighted by Crippen LogP contribution is -2.37. The number of aryl methyl sites for hydroxylation is 1. The van der Waals surface area contributed by atoms with Gasteiger partial charge in [0.15, 0.2) is 0 Å². The highest BCUT2D eigenvalue weighted by Crippen LogP contribution is 2.32. The molecule has 1 aromatic rings. The molecule has 5 nitrogen and oxygen atoms in total. The second-order valence-electron chi connectivity index (χ2n) is 5.69. The second-order valence-corrected chi connectivity index (χ2v) is 7.37. The Morgan fingerprint density at radius 1 is 1.36 bits per heavy atom. The van der Waals surface area contributed by atoms with Gasteiger partial charge in [-0.15, -0.1) is 0 Å². The summed E-state index contributed by atoms with van der Waals surface area (Å²) in [6, 6.07) is 7.90. The van der Waals surface area contributed by atoms with Gasteiger partial charge in [0, 0.05) is 26.1 Å². The summed E-state index contributed by atoms with van der Waals surface area (Å²) in [5.74, 6) is -0.248. The van der Waals surface area contributed by atoms with E-state index < -0.39 is 0 Å². The van der Waals surface area contributed by atoms with Crippen molar-refractivity contribution in [2.45, 2.75) is 20.3 Å². The number of benzene rings is 1. The van der Waals surface area contributed by atoms with Crippen LogP contribution in [0.2, 0.25) is 0 Å². The van der Waals surface area contributed by atoms with E-state index in [2.05, 4.69) is 0 Å². The molecule has 0 aliphatic carbocycles. The van der Waals surface area contributed by atoms with Crippen LogP contribution in [-0.2, 0) is 9.59 Å². The van der Waals surface area contributed by atoms with Crippen LogP contribution in [0.4, 0.5) is 0 Å². The summed E-state index contributed by atoms with van der Waals surface area (Å²) in [7, 11) is 0. The fraction of sp³-hybridized carbons (Fsp3) is 0.389. The highest BCUT2D eigenvalue weighted by molar-refractivity contribution is 8.26. The van der Waals surface area contributed by atoms with Crippen molar-refractivity contribution in [3.63, 3.8) is 0 Å². The van der Waals surface area contributed by atoms with Gasteiger partial charge in [0.25, 0.3) is 5.91 Å². The average molecular weight is 379 g/mol. The maximum absolute atomic E-state index is 12.5. The Kier molecular flexibility index (Phi) is 7.16. The van der Waals surface area contributed by atoms with Gasteiger partial charge < -0.3 is 10.0 Å². The third-order valence-electron chi connectivity index (χ3n) is 3.90. The standard InChI is InChI=1S/C18H22N2O3S2/c1-3-19(10-11-21)16(22)8-9-20-17(23)15(25-18(20)24)12-14-6-4-13(2)5-7-14/h4-7,12,21H,3,8-11H2,1-2H3. The first-order chi connectivity index (χ1) is 12.0. The SMILES string of the molecule is CCN(CCO)C(=O)CCN1C(=O)C(=Cc2ccc(C)cc2)SC1=S. The van der Waals surface area contributed by atoms with E-state index in [1.165, 1.54) is 16.7 Å². The van der Waals surface area contributed by atoms with Gasteiger partial charge >= 0.3 is 0 Å². The molecule has 0 bridgehead atoms. The topological polar surface area (TPSA) is 60.9 Å². The molecule has 0 spiro atoms. The molecule has 134 valence electrons. The molecule has 25 heavy (non-hydrogen) atoms. The predicted octanol–water partition coefficient (Wildman–Crippen LogP) is 2.43. The Balaban J connectivity index is 2.01. The van der Waals surface area contributed by atoms with Gasteiger partial charge in [-0.05, 0) is 25.5 Å². The molecular formula is C18H22N2O3S2. The van der Waals surface area contributed by atoms with E-state index in [0.29, 0.717) is 22.3 Å². The third-order valence-corrected chi connectivity index (χ3v) is 5.28. The molecule has 1 fully saturated rings. The summed E-state index contributed by atoms with van der Waals surface area (Å²) in [6.45, 7) is 4.90. The zero-order chi connectivity index (χ0) is 18.4. The van der Waals surface area contributed by atoms with E-state index in [9.17, 15) is 9.59 Å². The molecule has 0 saturated carbocycles. The molecular weight excluding hydrogens is 356 g/mol. The smallest absolute Gasteiger partial charge is 0.266 e. The second kappa shape index (κ2) is 9.12. The third kappa shape index (κ3) is 5.14. The Bertz CT molecular complexity index is 686. The van der Waals surface area contributed by atoms with Crippen LogP contribution in [-0.4, -0.2) is 57.3 Å². The highest BCUT2D eigenvalue weighted by atomic mass is 32.2. The predicted molar refractivity (Wildman–Crippen MR) is 105 cm³/mol. The van der Waals surface area contributed by atoms with Crippen molar-refractivity contribution in [1.82, 2.24) is 9.80 Å². The van der Waals surface area contributed by atoms with Crippen LogP contribution in [0.3, 0.4) is 0 Å². The Labute approximate surface area is 157 Å². The number of aliphatic hydroxyl groups is 1. The summed E-state index contributed by atoms with van der Waals surface area (Å²) >= 11 is 6.55. The number of nitrogens with zero attached hydrogens (tertiary/aromatic N) is 2. The first-order valence-electron chi connectivity index (χ1n) is 8.17. The molecule has 1 aliphatic heterocycles. The lowest BCUT2D eigenvalue weighted by molar-refractivity contribution is -0.132. The number of thiocarbonyl (C=S) groups is 1. The first kappa shape index (κ1) is 19.6. The van der Waals surface area contributed by atoms with Crippen LogP contribution < -0.4 is 0 Å². The molecule has 1 saturated heterocycles. The lowest BCUT2D eigenvalue weighted by atomic mass is 10.1. The minimum atomic E-state index is -0.159. The van der Waals surface area contributed by atoms with Crippen molar-refractivity contribution >= 4 is 46.2 Å². The van der Waals surface area contributed by atoms with Crippen LogP contribution >= 0.6 is 24.0 Å². The molecule has 0 aromatic heterocycles. The van der Waals surface area contributed by atoms with Gasteiger partial charge in [-0.3, -0.25) is 14.5 Å². The number of hydrogen-bond acceptors (Lipinski definition) is 5. The van der Waals surface area contributed by atoms with Crippen LogP contribution in [0.5, 0.6) is 0 Å². The fourth-order valence-electron chi connectivity index (χ4n) is 2.45. The van der Waals surface area contributed by atoms with Gasteiger partial charge in [0.1, 0.15) is 4.32 Å². The maximum Gasteiger partial charge on any atom is 0.266 e. The summed E-state index contributed by atoms with van der Waals surface area (Å²) < 4.78 is 0.473. The lowest BCUT2D eigenvalue weighted by Gasteiger charge is -2.21. The minimum absolute atomic E-state index is 0.0695. The van der Waals surface area contributed by atoms with Gasteiger partial charge in [-0.25, -0.2) is 0 Å². The molecule has 1 heterocycles. The van der Waals surface area contributed by atoms with E-state index in [1.54, 1.807) is 4.90 Å². The summed E-state index contributed by atoms with van der Waals surface area (Å²) in [4.78, 5) is 28.3. The van der Waals surface area contributed by atoms with Crippen molar-refractivity contribution in [2.24, 2.45) is 0 Å². The molecule has 2 rings (SSSR count). The summed E-state index contributed by atoms with van der Waals surface area (Å²) in [5.41, 5.74) is 2.11. The monoisotopic (exact) mass is 378 g/mol. The van der Waals surface area contributed by atoms with E-state index >= 15 is 0 Å². The Morgan fingerprint density at radius 3 is 2.64 bits per heavy atom. The van der Waals surface area contributed by atoms with Gasteiger partial charge in [0.2, 0.25) is 5.91 Å². The minimum Gasteiger partial charge on any atom is -0.395 e. The number of amides is 2. The van der Waals surface area contributed by atoms with E-state index in [0.717, 1.165) is 11.1 Å². The van der Waals surface area contributed by atoms with Crippen molar-refractivity contribution in [1.29, 1.82) is 0 Å². The Morgan fingerprint density at radius 2 is 2.04 bits per heavy atom. The fourth-order valence-corrected chi connectivity index (χ4v) is 3.76. The number of carbonyl (C=O) groups excluding carboxylic acids is 2. The highest BCUT2D eigenvalue weighted by Gasteiger charge is 2.32. The first-order valence-corrected chi connectivity index (χ1v) is 9.39. The van der Waals surface area contributed by atoms with Crippen molar-refractivity contribution < 1.29 is 14.7 Å². The normalized spacial score (nSPS) is 16.0. The number of rotatable bonds is 7. The van der Waals surface area contributed by atoms with E-state index in [-0.39, 0.29) is 31.4 Å². The molecule has 7 heteroatoms. The molecule has 1 N–H and O–H groups in total. The quantitative estimate of drug-likeness (QED) is 0.583. The molecule has 0 atom stereocenters. The van der Waals surface area contributed by atoms with E-state index in [4.69, 9.17) is 17.3 Å². The number of hydrogen-bond donors (Lipinski definition) is 1. The van der Waals surface area contributed by atoms with Crippen LogP contribution in [0, 0.1) is 6.92 Å². The van der Waals surface area contributed by atoms with Crippen molar-refractivity contribution in [3.8, 4) is 0 Å². The Hall–Kier alpha value is -1.70. The van der Waals surface area contributed by atoms with Crippen LogP contribution in [0.15, 0.2) is 29.2 Å². The molecule has 2 amide bonds. The molecule has 0 radical (unpaired) electrons. The molecule has 0 unspecified atom stereocenters. The summed E-state index contributed by atoms with van der Waals surface area (Å²) in [5, 5.41) is 8.98. The number of likely N-dealkylation sites (N-methyl/N-ethyl adjacent to an activating group) is 1. The zero-order valence-corrected chi connectivity index (χ0v) is 16.0. The van der Waals surface area contributed by atoms with Crippen LogP contribution in [0.25, 0.3) is 6.08 Å². The largest absolute Gasteiger partial charge is 0.395 e. The van der Waals surface area contributed by atoms with Gasteiger partial charge in [-0.2, -0.15) is 0 Å². The zero-order valence-electron chi connectivity index (χ0n) is 14.4. The van der Waals surface area contributed by atoms with Crippen molar-refractivity contribution in [3.05, 3.63) is 40.3 Å². The van der Waals surface area contributed by atoms with E-state index in [1.807, 2.05) is 44.2 Å². The number of thioether (sulfide) groups is 1. The van der Waals surface area contributed by atoms with Gasteiger partial charge in [0.05, 0.1) is 11.5 Å². The van der Waals surface area contributed by atoms with Crippen LogP contribution in [0.1, 0.15) is 24.5 Å². The average Bonchev–Trinajstić information content (AvgIpc) is 2.86. The number of carbonyl (C=O) groups is 2. The maximum atomic E-state index is 12.5. The van der Waals surface area contributed by atoms with Gasteiger partial charge in [-0.1, -0.05) is 53.8 Å². The molecule has 1 aliphatic rings. The summed E-state index contributed by atoms with van der Waals surface area (Å²) in [6.07, 6.45) is 2.02. The molecule has 1 aromatic carbocycles.